The Labute approximate surface area is 111 Å². The molecule has 0 amide bonds. The molecule has 0 aromatic rings. The van der Waals surface area contributed by atoms with Crippen LogP contribution in [0.3, 0.4) is 0 Å². The normalized spacial score (nSPS) is 15.0. The van der Waals surface area contributed by atoms with E-state index in [2.05, 4.69) is 4.74 Å². The quantitative estimate of drug-likeness (QED) is 0.404. The molecule has 0 aliphatic heterocycles. The molecular weight excluding hydrogens is 310 g/mol. The summed E-state index contributed by atoms with van der Waals surface area (Å²) in [5.41, 5.74) is 0. The largest absolute Gasteiger partial charge is 0.421 e. The molecule has 0 bridgehead atoms. The third kappa shape index (κ3) is 11.3. The summed E-state index contributed by atoms with van der Waals surface area (Å²) in [4.78, 5) is 0. The molecule has 0 aliphatic rings. The van der Waals surface area contributed by atoms with Crippen molar-refractivity contribution in [2.45, 2.75) is 22.6 Å². The van der Waals surface area contributed by atoms with Crippen LogP contribution in [-0.2, 0) is 9.47 Å². The second-order valence-electron chi connectivity index (χ2n) is 3.06. The average molecular weight is 322 g/mol. The van der Waals surface area contributed by atoms with Gasteiger partial charge in [0.2, 0.25) is 6.17 Å². The highest BCUT2D eigenvalue weighted by molar-refractivity contribution is 6.67. The summed E-state index contributed by atoms with van der Waals surface area (Å²) in [6, 6.07) is 0. The zero-order chi connectivity index (χ0) is 13.5. The van der Waals surface area contributed by atoms with Crippen LogP contribution in [0.1, 0.15) is 6.42 Å². The molecule has 0 saturated carbocycles. The third-order valence-corrected chi connectivity index (χ3v) is 2.09. The molecule has 2 nitrogen and oxygen atoms in total. The fourth-order valence-electron chi connectivity index (χ4n) is 0.689. The highest BCUT2D eigenvalue weighted by Crippen LogP contribution is 2.29. The van der Waals surface area contributed by atoms with Gasteiger partial charge in [0, 0.05) is 6.42 Å². The van der Waals surface area contributed by atoms with Crippen LogP contribution in [0, 0.1) is 0 Å². The van der Waals surface area contributed by atoms with Gasteiger partial charge in [-0.2, -0.15) is 13.2 Å². The van der Waals surface area contributed by atoms with Crippen LogP contribution >= 0.6 is 34.8 Å². The standard InChI is InChI=1S/C8H11Cl3F4O2/c9-7(10,11)1-2-16-3-4-17-5-6(12)8(13,14)15/h6H,1-5H2. The minimum Gasteiger partial charge on any atom is -0.379 e. The van der Waals surface area contributed by atoms with E-state index in [-0.39, 0.29) is 26.2 Å². The smallest absolute Gasteiger partial charge is 0.379 e. The van der Waals surface area contributed by atoms with E-state index in [4.69, 9.17) is 39.5 Å². The Kier molecular flexibility index (Phi) is 8.07. The van der Waals surface area contributed by atoms with Crippen LogP contribution in [0.4, 0.5) is 17.6 Å². The first kappa shape index (κ1) is 17.5. The lowest BCUT2D eigenvalue weighted by atomic mass is 10.4. The molecule has 0 fully saturated rings. The van der Waals surface area contributed by atoms with Crippen molar-refractivity contribution in [1.82, 2.24) is 0 Å². The van der Waals surface area contributed by atoms with Crippen LogP contribution in [0.2, 0.25) is 0 Å². The summed E-state index contributed by atoms with van der Waals surface area (Å²) in [5, 5.41) is 0. The van der Waals surface area contributed by atoms with Crippen LogP contribution < -0.4 is 0 Å². The van der Waals surface area contributed by atoms with Gasteiger partial charge in [0.05, 0.1) is 26.4 Å². The molecule has 0 aromatic heterocycles. The predicted molar refractivity (Wildman–Crippen MR) is 57.5 cm³/mol. The van der Waals surface area contributed by atoms with Crippen LogP contribution in [0.5, 0.6) is 0 Å². The summed E-state index contributed by atoms with van der Waals surface area (Å²) in [7, 11) is 0. The minimum atomic E-state index is -4.89. The van der Waals surface area contributed by atoms with E-state index >= 15 is 0 Å². The highest BCUT2D eigenvalue weighted by Gasteiger charge is 2.40. The first-order valence-electron chi connectivity index (χ1n) is 4.56. The lowest BCUT2D eigenvalue weighted by molar-refractivity contribution is -0.194. The predicted octanol–water partition coefficient (Wildman–Crippen LogP) is 3.68. The van der Waals surface area contributed by atoms with Gasteiger partial charge >= 0.3 is 6.18 Å². The van der Waals surface area contributed by atoms with Gasteiger partial charge in [-0.3, -0.25) is 0 Å². The lowest BCUT2D eigenvalue weighted by Gasteiger charge is -2.13. The topological polar surface area (TPSA) is 18.5 Å². The molecule has 1 atom stereocenters. The summed E-state index contributed by atoms with van der Waals surface area (Å²) in [6.07, 6.45) is -7.73. The van der Waals surface area contributed by atoms with Crippen LogP contribution in [-0.4, -0.2) is 42.6 Å². The van der Waals surface area contributed by atoms with Gasteiger partial charge in [0.1, 0.15) is 0 Å². The van der Waals surface area contributed by atoms with Crippen LogP contribution in [0.25, 0.3) is 0 Å². The fraction of sp³-hybridized carbons (Fsp3) is 1.00. The lowest BCUT2D eigenvalue weighted by Crippen LogP contribution is -2.29. The second-order valence-corrected chi connectivity index (χ2v) is 5.58. The van der Waals surface area contributed by atoms with Gasteiger partial charge in [-0.05, 0) is 0 Å². The maximum atomic E-state index is 12.3. The Balaban J connectivity index is 3.36. The SMILES string of the molecule is FC(COCCOCCC(Cl)(Cl)Cl)C(F)(F)F. The first-order valence-corrected chi connectivity index (χ1v) is 5.69. The van der Waals surface area contributed by atoms with Crippen molar-refractivity contribution in [2.75, 3.05) is 26.4 Å². The molecule has 0 heterocycles. The zero-order valence-electron chi connectivity index (χ0n) is 8.58. The zero-order valence-corrected chi connectivity index (χ0v) is 10.8. The number of rotatable bonds is 7. The fourth-order valence-corrected chi connectivity index (χ4v) is 0.921. The average Bonchev–Trinajstić information content (AvgIpc) is 2.12. The molecule has 0 rings (SSSR count). The molecule has 0 spiro atoms. The summed E-state index contributed by atoms with van der Waals surface area (Å²) < 4.78 is 55.2. The van der Waals surface area contributed by atoms with Crippen molar-refractivity contribution in [2.24, 2.45) is 0 Å². The maximum Gasteiger partial charge on any atom is 0.421 e. The molecule has 0 radical (unpaired) electrons. The van der Waals surface area contributed by atoms with Crippen molar-refractivity contribution in [1.29, 1.82) is 0 Å². The molecule has 0 aliphatic carbocycles. The maximum absolute atomic E-state index is 12.3. The number of ether oxygens (including phenoxy) is 2. The van der Waals surface area contributed by atoms with E-state index in [9.17, 15) is 17.6 Å². The number of alkyl halides is 7. The van der Waals surface area contributed by atoms with E-state index in [0.29, 0.717) is 0 Å². The van der Waals surface area contributed by atoms with Crippen molar-refractivity contribution < 1.29 is 27.0 Å². The Morgan fingerprint density at radius 1 is 0.941 bits per heavy atom. The molecule has 1 unspecified atom stereocenters. The molecule has 0 N–H and O–H groups in total. The van der Waals surface area contributed by atoms with Gasteiger partial charge in [-0.15, -0.1) is 0 Å². The summed E-state index contributed by atoms with van der Waals surface area (Å²) in [5.74, 6) is 0. The third-order valence-electron chi connectivity index (χ3n) is 1.52. The van der Waals surface area contributed by atoms with Crippen molar-refractivity contribution in [3.8, 4) is 0 Å². The van der Waals surface area contributed by atoms with Gasteiger partial charge in [-0.1, -0.05) is 34.8 Å². The Bertz CT molecular complexity index is 208. The molecule has 17 heavy (non-hydrogen) atoms. The number of hydrogen-bond donors (Lipinski definition) is 0. The second kappa shape index (κ2) is 7.84. The molecule has 0 saturated heterocycles. The minimum absolute atomic E-state index is 0.00528. The number of halogens is 7. The number of hydrogen-bond acceptors (Lipinski definition) is 2. The van der Waals surface area contributed by atoms with E-state index in [1.807, 2.05) is 0 Å². The molecular formula is C8H11Cl3F4O2. The Morgan fingerprint density at radius 3 is 1.94 bits per heavy atom. The summed E-state index contributed by atoms with van der Waals surface area (Å²) >= 11 is 16.2. The van der Waals surface area contributed by atoms with E-state index in [0.717, 1.165) is 0 Å². The van der Waals surface area contributed by atoms with E-state index in [1.165, 1.54) is 0 Å². The molecule has 0 aromatic carbocycles. The summed E-state index contributed by atoms with van der Waals surface area (Å²) in [6.45, 7) is -1.07. The Morgan fingerprint density at radius 2 is 1.47 bits per heavy atom. The van der Waals surface area contributed by atoms with Gasteiger partial charge in [-0.25, -0.2) is 4.39 Å². The highest BCUT2D eigenvalue weighted by atomic mass is 35.6. The van der Waals surface area contributed by atoms with Crippen LogP contribution in [0.15, 0.2) is 0 Å². The van der Waals surface area contributed by atoms with Crippen molar-refractivity contribution in [3.63, 3.8) is 0 Å². The van der Waals surface area contributed by atoms with Crippen molar-refractivity contribution >= 4 is 34.8 Å². The monoisotopic (exact) mass is 320 g/mol. The first-order chi connectivity index (χ1) is 7.63. The van der Waals surface area contributed by atoms with Crippen molar-refractivity contribution in [3.05, 3.63) is 0 Å². The van der Waals surface area contributed by atoms with E-state index in [1.54, 1.807) is 0 Å². The van der Waals surface area contributed by atoms with Gasteiger partial charge in [0.15, 0.2) is 3.79 Å². The Hall–Kier alpha value is 0.510. The van der Waals surface area contributed by atoms with E-state index < -0.39 is 22.7 Å². The van der Waals surface area contributed by atoms with Gasteiger partial charge in [0.25, 0.3) is 0 Å². The molecule has 104 valence electrons. The van der Waals surface area contributed by atoms with Gasteiger partial charge < -0.3 is 9.47 Å². The molecule has 9 heteroatoms.